The Morgan fingerprint density at radius 3 is 1.19 bits per heavy atom. The van der Waals surface area contributed by atoms with Gasteiger partial charge in [0.1, 0.15) is 0 Å². The van der Waals surface area contributed by atoms with Crippen LogP contribution >= 0.6 is 0 Å². The molecule has 0 aromatic carbocycles. The van der Waals surface area contributed by atoms with Crippen molar-refractivity contribution in [3.63, 3.8) is 0 Å². The van der Waals surface area contributed by atoms with Crippen molar-refractivity contribution >= 4 is 23.9 Å². The summed E-state index contributed by atoms with van der Waals surface area (Å²) in [6, 6.07) is 0. The zero-order valence-electron chi connectivity index (χ0n) is 12.0. The van der Waals surface area contributed by atoms with Gasteiger partial charge in [0.2, 0.25) is 0 Å². The lowest BCUT2D eigenvalue weighted by molar-refractivity contribution is -0.141. The molecule has 0 aliphatic rings. The minimum atomic E-state index is -0.870. The Kier molecular flexibility index (Phi) is 14.4. The molecule has 0 rings (SSSR count). The minimum Gasteiger partial charge on any atom is -0.481 e. The van der Waals surface area contributed by atoms with Gasteiger partial charge in [0, 0.05) is 25.7 Å². The van der Waals surface area contributed by atoms with E-state index < -0.39 is 17.9 Å². The quantitative estimate of drug-likeness (QED) is 0.408. The van der Waals surface area contributed by atoms with Crippen molar-refractivity contribution in [1.82, 2.24) is 0 Å². The van der Waals surface area contributed by atoms with E-state index in [4.69, 9.17) is 15.3 Å². The lowest BCUT2D eigenvalue weighted by Gasteiger charge is -1.96. The molecule has 8 heteroatoms. The van der Waals surface area contributed by atoms with Gasteiger partial charge in [-0.25, -0.2) is 0 Å². The molecule has 0 aromatic heterocycles. The number of methoxy groups -OCH3 is 1. The molecule has 0 fully saturated rings. The van der Waals surface area contributed by atoms with Crippen LogP contribution in [-0.2, 0) is 23.9 Å². The molecule has 0 saturated heterocycles. The molecule has 0 aliphatic heterocycles. The molecule has 0 bridgehead atoms. The van der Waals surface area contributed by atoms with E-state index >= 15 is 0 Å². The summed E-state index contributed by atoms with van der Waals surface area (Å²) >= 11 is 0. The highest BCUT2D eigenvalue weighted by atomic mass is 16.5. The first-order valence-electron chi connectivity index (χ1n) is 6.51. The van der Waals surface area contributed by atoms with Crippen molar-refractivity contribution in [2.75, 3.05) is 7.11 Å². The van der Waals surface area contributed by atoms with Gasteiger partial charge in [0.25, 0.3) is 0 Å². The van der Waals surface area contributed by atoms with E-state index in [2.05, 4.69) is 4.74 Å². The van der Waals surface area contributed by atoms with E-state index in [-0.39, 0.29) is 25.2 Å². The molecule has 0 spiro atoms. The Morgan fingerprint density at radius 1 is 0.667 bits per heavy atom. The fourth-order valence-corrected chi connectivity index (χ4v) is 1.20. The van der Waals surface area contributed by atoms with Gasteiger partial charge in [-0.15, -0.1) is 0 Å². The fourth-order valence-electron chi connectivity index (χ4n) is 1.20. The second kappa shape index (κ2) is 14.3. The molecule has 122 valence electrons. The van der Waals surface area contributed by atoms with Crippen LogP contribution in [0.25, 0.3) is 0 Å². The van der Waals surface area contributed by atoms with Crippen LogP contribution in [-0.4, -0.2) is 46.3 Å². The van der Waals surface area contributed by atoms with Gasteiger partial charge in [-0.05, 0) is 25.7 Å². The second-order valence-electron chi connectivity index (χ2n) is 4.17. The Morgan fingerprint density at radius 2 is 0.952 bits per heavy atom. The third-order valence-electron chi connectivity index (χ3n) is 2.28. The van der Waals surface area contributed by atoms with Crippen LogP contribution in [0, 0.1) is 0 Å². The predicted molar refractivity (Wildman–Crippen MR) is 71.9 cm³/mol. The summed E-state index contributed by atoms with van der Waals surface area (Å²) in [6.07, 6.45) is 2.56. The molecule has 0 saturated carbocycles. The number of carbonyl (C=O) groups excluding carboxylic acids is 1. The topological polar surface area (TPSA) is 138 Å². The van der Waals surface area contributed by atoms with Crippen molar-refractivity contribution in [3.05, 3.63) is 0 Å². The van der Waals surface area contributed by atoms with Crippen LogP contribution in [0.15, 0.2) is 0 Å². The summed E-state index contributed by atoms with van der Waals surface area (Å²) < 4.78 is 4.37. The average molecular weight is 306 g/mol. The van der Waals surface area contributed by atoms with Crippen molar-refractivity contribution < 1.29 is 39.2 Å². The molecule has 8 nitrogen and oxygen atoms in total. The summed E-state index contributed by atoms with van der Waals surface area (Å²) in [5.74, 6) is -2.85. The first-order valence-corrected chi connectivity index (χ1v) is 6.51. The maximum Gasteiger partial charge on any atom is 0.305 e. The molecule has 0 unspecified atom stereocenters. The third-order valence-corrected chi connectivity index (χ3v) is 2.28. The summed E-state index contributed by atoms with van der Waals surface area (Å²) in [7, 11) is 1.32. The van der Waals surface area contributed by atoms with Gasteiger partial charge in [0.05, 0.1) is 7.11 Å². The number of hydrogen-bond donors (Lipinski definition) is 3. The van der Waals surface area contributed by atoms with E-state index in [1.165, 1.54) is 7.11 Å². The van der Waals surface area contributed by atoms with Gasteiger partial charge < -0.3 is 20.1 Å². The number of carboxylic acid groups (broad SMARTS) is 3. The van der Waals surface area contributed by atoms with Crippen LogP contribution < -0.4 is 0 Å². The molecule has 0 radical (unpaired) electrons. The number of carbonyl (C=O) groups is 4. The Labute approximate surface area is 122 Å². The van der Waals surface area contributed by atoms with E-state index in [0.717, 1.165) is 0 Å². The van der Waals surface area contributed by atoms with Crippen LogP contribution in [0.1, 0.15) is 51.4 Å². The third kappa shape index (κ3) is 23.4. The highest BCUT2D eigenvalue weighted by Gasteiger charge is 2.01. The summed E-state index contributed by atoms with van der Waals surface area (Å²) in [5.41, 5.74) is 0. The lowest BCUT2D eigenvalue weighted by atomic mass is 10.2. The van der Waals surface area contributed by atoms with E-state index in [9.17, 15) is 19.2 Å². The first kappa shape index (κ1) is 21.2. The largest absolute Gasteiger partial charge is 0.481 e. The first-order chi connectivity index (χ1) is 9.79. The zero-order chi connectivity index (χ0) is 16.7. The van der Waals surface area contributed by atoms with Crippen molar-refractivity contribution in [2.45, 2.75) is 51.4 Å². The fraction of sp³-hybridized carbons (Fsp3) is 0.692. The van der Waals surface area contributed by atoms with Gasteiger partial charge in [0.15, 0.2) is 0 Å². The van der Waals surface area contributed by atoms with E-state index in [1.54, 1.807) is 0 Å². The number of unbranched alkanes of at least 4 members (excludes halogenated alkanes) is 2. The lowest BCUT2D eigenvalue weighted by Crippen LogP contribution is -2.00. The zero-order valence-corrected chi connectivity index (χ0v) is 12.0. The molecule has 0 heterocycles. The van der Waals surface area contributed by atoms with Gasteiger partial charge >= 0.3 is 23.9 Å². The van der Waals surface area contributed by atoms with Crippen LogP contribution in [0.5, 0.6) is 0 Å². The predicted octanol–water partition coefficient (Wildman–Crippen LogP) is 1.52. The van der Waals surface area contributed by atoms with Crippen LogP contribution in [0.4, 0.5) is 0 Å². The Balaban J connectivity index is 0. The Hall–Kier alpha value is -2.12. The maximum atomic E-state index is 10.5. The van der Waals surface area contributed by atoms with Crippen LogP contribution in [0.3, 0.4) is 0 Å². The maximum absolute atomic E-state index is 10.5. The van der Waals surface area contributed by atoms with E-state index in [0.29, 0.717) is 32.1 Å². The van der Waals surface area contributed by atoms with Crippen molar-refractivity contribution in [2.24, 2.45) is 0 Å². The Bertz CT molecular complexity index is 321. The number of rotatable bonds is 10. The molecule has 0 amide bonds. The smallest absolute Gasteiger partial charge is 0.305 e. The van der Waals surface area contributed by atoms with Gasteiger partial charge in [-0.1, -0.05) is 0 Å². The SMILES string of the molecule is COC(=O)CCCCC(=O)O.O=C(O)CCCCC(=O)O. The number of aliphatic carboxylic acids is 3. The number of esters is 1. The summed E-state index contributed by atoms with van der Waals surface area (Å²) in [6.45, 7) is 0. The highest BCUT2D eigenvalue weighted by Crippen LogP contribution is 2.00. The average Bonchev–Trinajstić information content (AvgIpc) is 2.39. The standard InChI is InChI=1S/C7H12O4.C6H10O4/c1-11-7(10)5-3-2-4-6(8)9;7-5(8)3-1-2-4-6(9)10/h2-5H2,1H3,(H,8,9);1-4H2,(H,7,8)(H,9,10). The number of carboxylic acids is 3. The molecule has 21 heavy (non-hydrogen) atoms. The second-order valence-corrected chi connectivity index (χ2v) is 4.17. The summed E-state index contributed by atoms with van der Waals surface area (Å²) in [4.78, 5) is 40.3. The molecular weight excluding hydrogens is 284 g/mol. The minimum absolute atomic E-state index is 0.0628. The normalized spacial score (nSPS) is 9.19. The molecule has 3 N–H and O–H groups in total. The molecular formula is C13H22O8. The van der Waals surface area contributed by atoms with E-state index in [1.807, 2.05) is 0 Å². The van der Waals surface area contributed by atoms with Gasteiger partial charge in [-0.3, -0.25) is 19.2 Å². The van der Waals surface area contributed by atoms with Crippen molar-refractivity contribution in [3.8, 4) is 0 Å². The van der Waals surface area contributed by atoms with Gasteiger partial charge in [-0.2, -0.15) is 0 Å². The highest BCUT2D eigenvalue weighted by molar-refractivity contribution is 5.69. The molecule has 0 aliphatic carbocycles. The molecule has 0 aromatic rings. The van der Waals surface area contributed by atoms with Crippen LogP contribution in [0.2, 0.25) is 0 Å². The monoisotopic (exact) mass is 306 g/mol. The van der Waals surface area contributed by atoms with Crippen molar-refractivity contribution in [1.29, 1.82) is 0 Å². The molecule has 0 atom stereocenters. The number of ether oxygens (including phenoxy) is 1. The summed E-state index contributed by atoms with van der Waals surface area (Å²) in [5, 5.41) is 24.5. The number of hydrogen-bond acceptors (Lipinski definition) is 5.